The molecule has 27 heavy (non-hydrogen) atoms. The Bertz CT molecular complexity index is 1210. The van der Waals surface area contributed by atoms with Crippen molar-refractivity contribution in [3.8, 4) is 17.4 Å². The van der Waals surface area contributed by atoms with Crippen molar-refractivity contribution in [2.24, 2.45) is 0 Å². The van der Waals surface area contributed by atoms with Gasteiger partial charge < -0.3 is 4.42 Å². The fourth-order valence-electron chi connectivity index (χ4n) is 2.90. The molecular formula is C22H13ClN2O2. The minimum Gasteiger partial charge on any atom is -0.457 e. The molecule has 0 saturated carbocycles. The molecule has 0 N–H and O–H groups in total. The second-order valence-electron chi connectivity index (χ2n) is 5.92. The zero-order valence-corrected chi connectivity index (χ0v) is 14.9. The molecule has 0 aliphatic heterocycles. The summed E-state index contributed by atoms with van der Waals surface area (Å²) in [6, 6.07) is 20.4. The molecule has 2 aromatic carbocycles. The van der Waals surface area contributed by atoms with Gasteiger partial charge in [-0.25, -0.2) is 0 Å². The molecule has 0 saturated heterocycles. The van der Waals surface area contributed by atoms with E-state index in [1.807, 2.05) is 42.5 Å². The van der Waals surface area contributed by atoms with E-state index in [2.05, 4.69) is 6.07 Å². The fraction of sp³-hybridized carbons (Fsp3) is 0. The van der Waals surface area contributed by atoms with E-state index >= 15 is 0 Å². The summed E-state index contributed by atoms with van der Waals surface area (Å²) in [5.41, 5.74) is 2.07. The molecule has 4 aromatic rings. The minimum absolute atomic E-state index is 0.253. The van der Waals surface area contributed by atoms with Crippen molar-refractivity contribution >= 4 is 34.5 Å². The Morgan fingerprint density at radius 1 is 1.07 bits per heavy atom. The predicted octanol–water partition coefficient (Wildman–Crippen LogP) is 5.78. The van der Waals surface area contributed by atoms with E-state index in [4.69, 9.17) is 16.0 Å². The van der Waals surface area contributed by atoms with Crippen molar-refractivity contribution in [3.05, 3.63) is 89.3 Å². The van der Waals surface area contributed by atoms with Gasteiger partial charge >= 0.3 is 0 Å². The third-order valence-corrected chi connectivity index (χ3v) is 4.47. The van der Waals surface area contributed by atoms with Gasteiger partial charge in [0.25, 0.3) is 5.91 Å². The minimum atomic E-state index is -0.253. The number of rotatable bonds is 3. The molecule has 0 radical (unpaired) electrons. The Labute approximate surface area is 160 Å². The summed E-state index contributed by atoms with van der Waals surface area (Å²) in [5.74, 6) is 0.999. The summed E-state index contributed by atoms with van der Waals surface area (Å²) in [5, 5.41) is 10.7. The van der Waals surface area contributed by atoms with Crippen LogP contribution in [-0.4, -0.2) is 10.5 Å². The Morgan fingerprint density at radius 3 is 2.63 bits per heavy atom. The van der Waals surface area contributed by atoms with E-state index in [0.717, 1.165) is 10.9 Å². The van der Waals surface area contributed by atoms with E-state index in [1.165, 1.54) is 10.6 Å². The first-order valence-corrected chi connectivity index (χ1v) is 8.62. The van der Waals surface area contributed by atoms with Crippen LogP contribution < -0.4 is 0 Å². The van der Waals surface area contributed by atoms with Gasteiger partial charge in [0.1, 0.15) is 17.6 Å². The molecular weight excluding hydrogens is 360 g/mol. The largest absolute Gasteiger partial charge is 0.457 e. The van der Waals surface area contributed by atoms with Crippen molar-refractivity contribution in [2.75, 3.05) is 0 Å². The normalized spacial score (nSPS) is 11.1. The number of hydrogen-bond donors (Lipinski definition) is 0. The lowest BCUT2D eigenvalue weighted by Gasteiger charge is -1.99. The van der Waals surface area contributed by atoms with Gasteiger partial charge in [0.2, 0.25) is 0 Å². The molecule has 0 fully saturated rings. The van der Waals surface area contributed by atoms with E-state index in [0.29, 0.717) is 27.6 Å². The first kappa shape index (κ1) is 16.9. The lowest BCUT2D eigenvalue weighted by molar-refractivity contribution is 0.0974. The van der Waals surface area contributed by atoms with Crippen LogP contribution in [-0.2, 0) is 0 Å². The van der Waals surface area contributed by atoms with Gasteiger partial charge in [0.05, 0.1) is 11.1 Å². The maximum Gasteiger partial charge on any atom is 0.255 e. The van der Waals surface area contributed by atoms with Crippen LogP contribution >= 0.6 is 11.6 Å². The number of carbonyl (C=O) groups excluding carboxylic acids is 1. The van der Waals surface area contributed by atoms with Gasteiger partial charge in [0, 0.05) is 28.2 Å². The van der Waals surface area contributed by atoms with Crippen LogP contribution in [0.4, 0.5) is 0 Å². The standard InChI is InChI=1S/C22H13ClN2O2/c23-17-7-5-15(6-8-17)21-11-9-18(27-21)10-12-22(26)25-14-16(13-24)19-3-1-2-4-20(19)25/h1-12,14H/b12-10+. The van der Waals surface area contributed by atoms with Crippen molar-refractivity contribution in [3.63, 3.8) is 0 Å². The van der Waals surface area contributed by atoms with Crippen LogP contribution in [0.1, 0.15) is 16.1 Å². The number of halogens is 1. The molecule has 0 bridgehead atoms. The van der Waals surface area contributed by atoms with Crippen LogP contribution in [0.3, 0.4) is 0 Å². The van der Waals surface area contributed by atoms with E-state index in [-0.39, 0.29) is 5.91 Å². The summed E-state index contributed by atoms with van der Waals surface area (Å²) in [4.78, 5) is 12.6. The van der Waals surface area contributed by atoms with Crippen LogP contribution in [0.2, 0.25) is 5.02 Å². The molecule has 0 unspecified atom stereocenters. The zero-order valence-electron chi connectivity index (χ0n) is 14.1. The summed E-state index contributed by atoms with van der Waals surface area (Å²) in [6.45, 7) is 0. The predicted molar refractivity (Wildman–Crippen MR) is 105 cm³/mol. The highest BCUT2D eigenvalue weighted by Crippen LogP contribution is 2.25. The Morgan fingerprint density at radius 2 is 1.85 bits per heavy atom. The third-order valence-electron chi connectivity index (χ3n) is 4.22. The summed E-state index contributed by atoms with van der Waals surface area (Å²) < 4.78 is 7.23. The average Bonchev–Trinajstić information content (AvgIpc) is 3.31. The van der Waals surface area contributed by atoms with Gasteiger partial charge in [-0.15, -0.1) is 0 Å². The molecule has 0 spiro atoms. The number of fused-ring (bicyclic) bond motifs is 1. The second-order valence-corrected chi connectivity index (χ2v) is 6.36. The number of nitriles is 1. The van der Waals surface area contributed by atoms with Crippen LogP contribution in [0.15, 0.2) is 77.4 Å². The average molecular weight is 373 g/mol. The Hall–Kier alpha value is -3.55. The first-order valence-electron chi connectivity index (χ1n) is 8.24. The lowest BCUT2D eigenvalue weighted by Crippen LogP contribution is -2.04. The summed E-state index contributed by atoms with van der Waals surface area (Å²) in [7, 11) is 0. The monoisotopic (exact) mass is 372 g/mol. The highest BCUT2D eigenvalue weighted by molar-refractivity contribution is 6.30. The number of allylic oxidation sites excluding steroid dienone is 1. The SMILES string of the molecule is N#Cc1cn(C(=O)/C=C/c2ccc(-c3ccc(Cl)cc3)o2)c2ccccc12. The van der Waals surface area contributed by atoms with Crippen LogP contribution in [0.5, 0.6) is 0 Å². The summed E-state index contributed by atoms with van der Waals surface area (Å²) in [6.07, 6.45) is 4.60. The Balaban J connectivity index is 1.60. The number of carbonyl (C=O) groups is 1. The first-order chi connectivity index (χ1) is 13.2. The molecule has 4 rings (SSSR count). The molecule has 0 aliphatic carbocycles. The maximum absolute atomic E-state index is 12.6. The number of benzene rings is 2. The number of furan rings is 1. The molecule has 130 valence electrons. The molecule has 5 heteroatoms. The third kappa shape index (κ3) is 3.29. The van der Waals surface area contributed by atoms with Crippen molar-refractivity contribution in [1.29, 1.82) is 5.26 Å². The summed E-state index contributed by atoms with van der Waals surface area (Å²) >= 11 is 5.90. The van der Waals surface area contributed by atoms with Crippen LogP contribution in [0, 0.1) is 11.3 Å². The van der Waals surface area contributed by atoms with Crippen molar-refractivity contribution in [1.82, 2.24) is 4.57 Å². The fourth-order valence-corrected chi connectivity index (χ4v) is 3.02. The highest BCUT2D eigenvalue weighted by atomic mass is 35.5. The molecule has 2 aromatic heterocycles. The highest BCUT2D eigenvalue weighted by Gasteiger charge is 2.11. The van der Waals surface area contributed by atoms with Crippen molar-refractivity contribution < 1.29 is 9.21 Å². The van der Waals surface area contributed by atoms with Gasteiger partial charge in [-0.2, -0.15) is 5.26 Å². The van der Waals surface area contributed by atoms with Gasteiger partial charge in [-0.1, -0.05) is 29.8 Å². The quantitative estimate of drug-likeness (QED) is 0.428. The number of aromatic nitrogens is 1. The van der Waals surface area contributed by atoms with E-state index < -0.39 is 0 Å². The van der Waals surface area contributed by atoms with Crippen molar-refractivity contribution in [2.45, 2.75) is 0 Å². The van der Waals surface area contributed by atoms with E-state index in [9.17, 15) is 10.1 Å². The molecule has 0 atom stereocenters. The second kappa shape index (κ2) is 6.99. The van der Waals surface area contributed by atoms with Gasteiger partial charge in [-0.3, -0.25) is 9.36 Å². The van der Waals surface area contributed by atoms with Gasteiger partial charge in [-0.05, 0) is 48.5 Å². The number of nitrogens with zero attached hydrogens (tertiary/aromatic N) is 2. The number of para-hydroxylation sites is 1. The lowest BCUT2D eigenvalue weighted by atomic mass is 10.2. The molecule has 4 nitrogen and oxygen atoms in total. The van der Waals surface area contributed by atoms with E-state index in [1.54, 1.807) is 30.5 Å². The molecule has 0 aliphatic rings. The zero-order chi connectivity index (χ0) is 18.8. The maximum atomic E-state index is 12.6. The number of hydrogen-bond acceptors (Lipinski definition) is 3. The molecule has 0 amide bonds. The Kier molecular flexibility index (Phi) is 4.37. The van der Waals surface area contributed by atoms with Gasteiger partial charge in [0.15, 0.2) is 0 Å². The smallest absolute Gasteiger partial charge is 0.255 e. The van der Waals surface area contributed by atoms with Crippen LogP contribution in [0.25, 0.3) is 28.3 Å². The molecule has 2 heterocycles. The topological polar surface area (TPSA) is 58.9 Å².